The first kappa shape index (κ1) is 23.8. The van der Waals surface area contributed by atoms with Crippen molar-refractivity contribution in [3.63, 3.8) is 0 Å². The second-order valence-electron chi connectivity index (χ2n) is 7.68. The van der Waals surface area contributed by atoms with Crippen LogP contribution in [-0.2, 0) is 24.3 Å². The molecule has 6 nitrogen and oxygen atoms in total. The van der Waals surface area contributed by atoms with Gasteiger partial charge in [-0.1, -0.05) is 24.3 Å². The van der Waals surface area contributed by atoms with Crippen LogP contribution in [0.2, 0.25) is 0 Å². The van der Waals surface area contributed by atoms with Gasteiger partial charge >= 0.3 is 0 Å². The van der Waals surface area contributed by atoms with Crippen molar-refractivity contribution in [1.82, 2.24) is 14.9 Å². The molecule has 2 heterocycles. The number of methoxy groups -OCH3 is 1. The van der Waals surface area contributed by atoms with Crippen molar-refractivity contribution < 1.29 is 4.74 Å². The Balaban J connectivity index is 0.00000150. The number of aromatic nitrogens is 2. The van der Waals surface area contributed by atoms with Crippen LogP contribution >= 0.6 is 24.8 Å². The topological polar surface area (TPSA) is 76.3 Å². The van der Waals surface area contributed by atoms with E-state index in [4.69, 9.17) is 10.5 Å². The van der Waals surface area contributed by atoms with E-state index >= 15 is 0 Å². The van der Waals surface area contributed by atoms with Crippen LogP contribution < -0.4 is 11.1 Å². The zero-order valence-corrected chi connectivity index (χ0v) is 18.5. The van der Waals surface area contributed by atoms with Crippen molar-refractivity contribution in [2.24, 2.45) is 5.73 Å². The maximum Gasteiger partial charge on any atom is 0.156 e. The second-order valence-corrected chi connectivity index (χ2v) is 7.68. The van der Waals surface area contributed by atoms with E-state index in [0.717, 1.165) is 62.8 Å². The number of nitrogens with two attached hydrogens (primary N) is 1. The Bertz CT molecular complexity index is 785. The van der Waals surface area contributed by atoms with E-state index in [9.17, 15) is 0 Å². The van der Waals surface area contributed by atoms with Crippen LogP contribution in [0.3, 0.4) is 0 Å². The van der Waals surface area contributed by atoms with Crippen LogP contribution in [0.1, 0.15) is 41.4 Å². The van der Waals surface area contributed by atoms with E-state index in [2.05, 4.69) is 50.5 Å². The molecule has 3 N–H and O–H groups in total. The fourth-order valence-corrected chi connectivity index (χ4v) is 4.00. The minimum Gasteiger partial charge on any atom is -0.377 e. The molecule has 4 rings (SSSR count). The highest BCUT2D eigenvalue weighted by molar-refractivity contribution is 5.85. The van der Waals surface area contributed by atoms with Gasteiger partial charge in [-0.25, -0.2) is 9.97 Å². The van der Waals surface area contributed by atoms with Gasteiger partial charge in [0.15, 0.2) is 5.82 Å². The number of halogens is 2. The Kier molecular flexibility index (Phi) is 9.11. The summed E-state index contributed by atoms with van der Waals surface area (Å²) in [5.74, 6) is 2.09. The molecule has 1 aliphatic carbocycles. The molecule has 0 saturated heterocycles. The summed E-state index contributed by atoms with van der Waals surface area (Å²) in [5, 5.41) is 3.49. The molecule has 1 saturated carbocycles. The number of rotatable bonds is 7. The fraction of sp³-hybridized carbons (Fsp3) is 0.524. The molecule has 0 radical (unpaired) electrons. The first-order valence-corrected chi connectivity index (χ1v) is 9.86. The van der Waals surface area contributed by atoms with Gasteiger partial charge < -0.3 is 15.8 Å². The lowest BCUT2D eigenvalue weighted by molar-refractivity contribution is 0.177. The van der Waals surface area contributed by atoms with Crippen LogP contribution in [-0.4, -0.2) is 47.7 Å². The lowest BCUT2D eigenvalue weighted by Crippen LogP contribution is -2.35. The summed E-state index contributed by atoms with van der Waals surface area (Å²) in [6.45, 7) is 4.45. The molecule has 8 heteroatoms. The Morgan fingerprint density at radius 1 is 1.17 bits per heavy atom. The maximum absolute atomic E-state index is 5.95. The molecule has 1 aromatic heterocycles. The van der Waals surface area contributed by atoms with Crippen molar-refractivity contribution in [1.29, 1.82) is 0 Å². The van der Waals surface area contributed by atoms with Gasteiger partial charge in [0.05, 0.1) is 0 Å². The molecule has 2 aromatic rings. The van der Waals surface area contributed by atoms with Gasteiger partial charge in [-0.05, 0) is 30.4 Å². The standard InChI is InChI=1S/C21H29N5O.2ClH/c1-27-14-21-24-19(17-10-18(22)11-17)12-20(25-21)23-7-9-26-8-6-15-4-2-3-5-16(15)13-26;;/h2-5,12,17-18H,6-11,13-14,22H2,1H3,(H,23,24,25);2*1H. The molecule has 0 atom stereocenters. The molecule has 29 heavy (non-hydrogen) atoms. The van der Waals surface area contributed by atoms with Gasteiger partial charge in [-0.15, -0.1) is 24.8 Å². The summed E-state index contributed by atoms with van der Waals surface area (Å²) < 4.78 is 5.24. The van der Waals surface area contributed by atoms with Crippen molar-refractivity contribution >= 4 is 30.6 Å². The number of ether oxygens (including phenoxy) is 1. The SMILES string of the molecule is COCc1nc(NCCN2CCc3ccccc3C2)cc(C2CC(N)C2)n1.Cl.Cl. The van der Waals surface area contributed by atoms with Gasteiger partial charge in [0.1, 0.15) is 12.4 Å². The van der Waals surface area contributed by atoms with Crippen LogP contribution in [0.25, 0.3) is 0 Å². The number of nitrogens with one attached hydrogen (secondary N) is 1. The number of benzene rings is 1. The van der Waals surface area contributed by atoms with Gasteiger partial charge in [-0.3, -0.25) is 4.90 Å². The summed E-state index contributed by atoms with van der Waals surface area (Å²) in [6.07, 6.45) is 3.15. The Morgan fingerprint density at radius 2 is 1.93 bits per heavy atom. The van der Waals surface area contributed by atoms with Gasteiger partial charge in [-0.2, -0.15) is 0 Å². The third-order valence-electron chi connectivity index (χ3n) is 5.60. The number of fused-ring (bicyclic) bond motifs is 1. The smallest absolute Gasteiger partial charge is 0.156 e. The van der Waals surface area contributed by atoms with Gasteiger partial charge in [0.25, 0.3) is 0 Å². The van der Waals surface area contributed by atoms with Crippen LogP contribution in [0, 0.1) is 0 Å². The minimum absolute atomic E-state index is 0. The van der Waals surface area contributed by atoms with Crippen LogP contribution in [0.5, 0.6) is 0 Å². The average Bonchev–Trinajstić information content (AvgIpc) is 2.65. The zero-order valence-electron chi connectivity index (χ0n) is 16.8. The van der Waals surface area contributed by atoms with E-state index in [1.807, 2.05) is 0 Å². The number of nitrogens with zero attached hydrogens (tertiary/aromatic N) is 3. The van der Waals surface area contributed by atoms with Crippen LogP contribution in [0.15, 0.2) is 30.3 Å². The molecule has 1 fully saturated rings. The molecular weight excluding hydrogens is 409 g/mol. The molecule has 160 valence electrons. The third kappa shape index (κ3) is 6.03. The van der Waals surface area contributed by atoms with Crippen molar-refractivity contribution in [3.05, 3.63) is 53.0 Å². The Labute approximate surface area is 185 Å². The van der Waals surface area contributed by atoms with E-state index in [1.54, 1.807) is 7.11 Å². The number of hydrogen-bond acceptors (Lipinski definition) is 6. The van der Waals surface area contributed by atoms with Crippen molar-refractivity contribution in [3.8, 4) is 0 Å². The first-order valence-electron chi connectivity index (χ1n) is 9.86. The summed E-state index contributed by atoms with van der Waals surface area (Å²) in [7, 11) is 1.68. The summed E-state index contributed by atoms with van der Waals surface area (Å²) in [6, 6.07) is 11.2. The predicted octanol–water partition coefficient (Wildman–Crippen LogP) is 3.14. The number of anilines is 1. The molecule has 0 spiro atoms. The lowest BCUT2D eigenvalue weighted by atomic mass is 9.78. The Morgan fingerprint density at radius 3 is 2.66 bits per heavy atom. The van der Waals surface area contributed by atoms with Gasteiger partial charge in [0.2, 0.25) is 0 Å². The third-order valence-corrected chi connectivity index (χ3v) is 5.60. The fourth-order valence-electron chi connectivity index (χ4n) is 4.00. The molecule has 1 aliphatic heterocycles. The largest absolute Gasteiger partial charge is 0.377 e. The molecule has 0 unspecified atom stereocenters. The molecule has 2 aliphatic rings. The molecule has 0 bridgehead atoms. The second kappa shape index (κ2) is 11.1. The highest BCUT2D eigenvalue weighted by Gasteiger charge is 2.29. The summed E-state index contributed by atoms with van der Waals surface area (Å²) >= 11 is 0. The normalized spacial score (nSPS) is 20.6. The Hall–Kier alpha value is -1.44. The van der Waals surface area contributed by atoms with Crippen molar-refractivity contribution in [2.75, 3.05) is 32.1 Å². The van der Waals surface area contributed by atoms with Crippen LogP contribution in [0.4, 0.5) is 5.82 Å². The first-order chi connectivity index (χ1) is 13.2. The minimum atomic E-state index is 0. The van der Waals surface area contributed by atoms with Gasteiger partial charge in [0, 0.05) is 57.0 Å². The monoisotopic (exact) mass is 439 g/mol. The zero-order chi connectivity index (χ0) is 18.6. The molecule has 1 aromatic carbocycles. The summed E-state index contributed by atoms with van der Waals surface area (Å²) in [4.78, 5) is 11.8. The number of hydrogen-bond donors (Lipinski definition) is 2. The summed E-state index contributed by atoms with van der Waals surface area (Å²) in [5.41, 5.74) is 9.99. The molecule has 0 amide bonds. The van der Waals surface area contributed by atoms with E-state index in [-0.39, 0.29) is 24.8 Å². The average molecular weight is 440 g/mol. The highest BCUT2D eigenvalue weighted by Crippen LogP contribution is 2.35. The van der Waals surface area contributed by atoms with E-state index in [0.29, 0.717) is 18.6 Å². The van der Waals surface area contributed by atoms with E-state index in [1.165, 1.54) is 11.1 Å². The predicted molar refractivity (Wildman–Crippen MR) is 121 cm³/mol. The van der Waals surface area contributed by atoms with E-state index < -0.39 is 0 Å². The lowest BCUT2D eigenvalue weighted by Gasteiger charge is -2.32. The van der Waals surface area contributed by atoms with Crippen molar-refractivity contribution in [2.45, 2.75) is 44.4 Å². The highest BCUT2D eigenvalue weighted by atomic mass is 35.5. The quantitative estimate of drug-likeness (QED) is 0.689. The molecular formula is C21H31Cl2N5O. The maximum atomic E-state index is 5.95.